The summed E-state index contributed by atoms with van der Waals surface area (Å²) < 4.78 is 0. The van der Waals surface area contributed by atoms with E-state index in [0.717, 1.165) is 11.1 Å². The monoisotopic (exact) mass is 279 g/mol. The Hall–Kier alpha value is -2.80. The molecular weight excluding hydrogens is 262 g/mol. The van der Waals surface area contributed by atoms with Crippen molar-refractivity contribution in [2.45, 2.75) is 19.5 Å². The van der Waals surface area contributed by atoms with Crippen molar-refractivity contribution in [1.29, 1.82) is 5.26 Å². The summed E-state index contributed by atoms with van der Waals surface area (Å²) in [5.74, 6) is 0. The van der Waals surface area contributed by atoms with Gasteiger partial charge >= 0.3 is 6.03 Å². The lowest BCUT2D eigenvalue weighted by Gasteiger charge is -2.15. The van der Waals surface area contributed by atoms with Gasteiger partial charge in [0.15, 0.2) is 0 Å². The van der Waals surface area contributed by atoms with Crippen LogP contribution < -0.4 is 10.6 Å². The van der Waals surface area contributed by atoms with Gasteiger partial charge < -0.3 is 10.6 Å². The Kier molecular flexibility index (Phi) is 4.94. The summed E-state index contributed by atoms with van der Waals surface area (Å²) in [5, 5.41) is 14.4. The third kappa shape index (κ3) is 4.36. The summed E-state index contributed by atoms with van der Waals surface area (Å²) >= 11 is 0. The van der Waals surface area contributed by atoms with E-state index in [4.69, 9.17) is 5.26 Å². The number of benzene rings is 2. The smallest absolute Gasteiger partial charge is 0.315 e. The van der Waals surface area contributed by atoms with Gasteiger partial charge in [0.2, 0.25) is 0 Å². The number of nitrogens with one attached hydrogen (secondary N) is 2. The molecule has 0 heterocycles. The number of urea groups is 1. The van der Waals surface area contributed by atoms with E-state index in [1.807, 2.05) is 49.4 Å². The van der Waals surface area contributed by atoms with Crippen molar-refractivity contribution in [1.82, 2.24) is 10.6 Å². The molecule has 0 aromatic heterocycles. The molecule has 1 unspecified atom stereocenters. The highest BCUT2D eigenvalue weighted by atomic mass is 16.2. The zero-order valence-electron chi connectivity index (χ0n) is 11.8. The molecule has 0 fully saturated rings. The van der Waals surface area contributed by atoms with Crippen LogP contribution >= 0.6 is 0 Å². The largest absolute Gasteiger partial charge is 0.334 e. The molecule has 0 spiro atoms. The fourth-order valence-electron chi connectivity index (χ4n) is 1.95. The number of carbonyl (C=O) groups excluding carboxylic acids is 1. The minimum absolute atomic E-state index is 0.0489. The summed E-state index contributed by atoms with van der Waals surface area (Å²) in [6.07, 6.45) is 0. The Balaban J connectivity index is 1.83. The SMILES string of the molecule is CC(NC(=O)NCc1ccc(C#N)cc1)c1ccccc1. The molecular formula is C17H17N3O. The molecule has 0 aliphatic heterocycles. The van der Waals surface area contributed by atoms with Gasteiger partial charge in [-0.15, -0.1) is 0 Å². The van der Waals surface area contributed by atoms with Crippen LogP contribution in [-0.4, -0.2) is 6.03 Å². The molecule has 2 aromatic carbocycles. The predicted molar refractivity (Wildman–Crippen MR) is 81.4 cm³/mol. The number of hydrogen-bond donors (Lipinski definition) is 2. The van der Waals surface area contributed by atoms with Crippen molar-refractivity contribution >= 4 is 6.03 Å². The van der Waals surface area contributed by atoms with Gasteiger partial charge in [0.05, 0.1) is 17.7 Å². The quantitative estimate of drug-likeness (QED) is 0.903. The summed E-state index contributed by atoms with van der Waals surface area (Å²) in [7, 11) is 0. The van der Waals surface area contributed by atoms with Crippen molar-refractivity contribution in [2.24, 2.45) is 0 Å². The minimum Gasteiger partial charge on any atom is -0.334 e. The van der Waals surface area contributed by atoms with E-state index < -0.39 is 0 Å². The molecule has 2 N–H and O–H groups in total. The molecule has 21 heavy (non-hydrogen) atoms. The first-order valence-corrected chi connectivity index (χ1v) is 6.77. The number of nitriles is 1. The molecule has 2 amide bonds. The summed E-state index contributed by atoms with van der Waals surface area (Å²) in [4.78, 5) is 11.8. The van der Waals surface area contributed by atoms with Gasteiger partial charge in [0, 0.05) is 6.54 Å². The van der Waals surface area contributed by atoms with Crippen molar-refractivity contribution in [3.8, 4) is 6.07 Å². The van der Waals surface area contributed by atoms with Gasteiger partial charge in [-0.3, -0.25) is 0 Å². The van der Waals surface area contributed by atoms with Gasteiger partial charge in [0.25, 0.3) is 0 Å². The maximum absolute atomic E-state index is 11.8. The molecule has 0 bridgehead atoms. The molecule has 4 nitrogen and oxygen atoms in total. The van der Waals surface area contributed by atoms with Gasteiger partial charge in [-0.1, -0.05) is 42.5 Å². The van der Waals surface area contributed by atoms with E-state index in [-0.39, 0.29) is 12.1 Å². The lowest BCUT2D eigenvalue weighted by Crippen LogP contribution is -2.36. The summed E-state index contributed by atoms with van der Waals surface area (Å²) in [6, 6.07) is 18.7. The van der Waals surface area contributed by atoms with Crippen LogP contribution in [0.5, 0.6) is 0 Å². The summed E-state index contributed by atoms with van der Waals surface area (Å²) in [5.41, 5.74) is 2.63. The number of amides is 2. The van der Waals surface area contributed by atoms with Gasteiger partial charge in [-0.25, -0.2) is 4.79 Å². The van der Waals surface area contributed by atoms with E-state index in [1.54, 1.807) is 12.1 Å². The zero-order valence-corrected chi connectivity index (χ0v) is 11.8. The Morgan fingerprint density at radius 1 is 1.14 bits per heavy atom. The highest BCUT2D eigenvalue weighted by molar-refractivity contribution is 5.74. The van der Waals surface area contributed by atoms with Crippen LogP contribution in [0, 0.1) is 11.3 Å². The highest BCUT2D eigenvalue weighted by Gasteiger charge is 2.08. The first-order valence-electron chi connectivity index (χ1n) is 6.77. The van der Waals surface area contributed by atoms with E-state index in [1.165, 1.54) is 0 Å². The molecule has 0 saturated heterocycles. The van der Waals surface area contributed by atoms with Crippen LogP contribution in [0.4, 0.5) is 4.79 Å². The van der Waals surface area contributed by atoms with Crippen molar-refractivity contribution in [3.05, 3.63) is 71.3 Å². The van der Waals surface area contributed by atoms with E-state index in [0.29, 0.717) is 12.1 Å². The zero-order chi connectivity index (χ0) is 15.1. The molecule has 0 aliphatic rings. The number of nitrogens with zero attached hydrogens (tertiary/aromatic N) is 1. The Bertz CT molecular complexity index is 629. The molecule has 0 radical (unpaired) electrons. The van der Waals surface area contributed by atoms with Crippen LogP contribution in [0.3, 0.4) is 0 Å². The normalized spacial score (nSPS) is 11.2. The van der Waals surface area contributed by atoms with Crippen LogP contribution in [-0.2, 0) is 6.54 Å². The first-order chi connectivity index (χ1) is 10.2. The van der Waals surface area contributed by atoms with E-state index in [2.05, 4.69) is 16.7 Å². The van der Waals surface area contributed by atoms with E-state index >= 15 is 0 Å². The molecule has 2 aromatic rings. The van der Waals surface area contributed by atoms with Crippen LogP contribution in [0.25, 0.3) is 0 Å². The molecule has 2 rings (SSSR count). The number of carbonyl (C=O) groups is 1. The van der Waals surface area contributed by atoms with Crippen LogP contribution in [0.2, 0.25) is 0 Å². The average molecular weight is 279 g/mol. The minimum atomic E-state index is -0.212. The van der Waals surface area contributed by atoms with E-state index in [9.17, 15) is 4.79 Å². The number of hydrogen-bond acceptors (Lipinski definition) is 2. The maximum atomic E-state index is 11.8. The van der Waals surface area contributed by atoms with Crippen molar-refractivity contribution < 1.29 is 4.79 Å². The van der Waals surface area contributed by atoms with Gasteiger partial charge in [-0.2, -0.15) is 5.26 Å². The van der Waals surface area contributed by atoms with Crippen LogP contribution in [0.15, 0.2) is 54.6 Å². The summed E-state index contributed by atoms with van der Waals surface area (Å²) in [6.45, 7) is 2.37. The standard InChI is InChI=1S/C17H17N3O/c1-13(16-5-3-2-4-6-16)20-17(21)19-12-15-9-7-14(11-18)8-10-15/h2-10,13H,12H2,1H3,(H2,19,20,21). The number of rotatable bonds is 4. The molecule has 106 valence electrons. The van der Waals surface area contributed by atoms with Crippen LogP contribution in [0.1, 0.15) is 29.7 Å². The Labute approximate surface area is 124 Å². The Morgan fingerprint density at radius 2 is 1.81 bits per heavy atom. The van der Waals surface area contributed by atoms with Crippen molar-refractivity contribution in [3.63, 3.8) is 0 Å². The first kappa shape index (κ1) is 14.6. The molecule has 0 aliphatic carbocycles. The Morgan fingerprint density at radius 3 is 2.43 bits per heavy atom. The average Bonchev–Trinajstić information content (AvgIpc) is 2.54. The third-order valence-corrected chi connectivity index (χ3v) is 3.18. The predicted octanol–water partition coefficient (Wildman–Crippen LogP) is 3.12. The lowest BCUT2D eigenvalue weighted by atomic mass is 10.1. The maximum Gasteiger partial charge on any atom is 0.315 e. The van der Waals surface area contributed by atoms with Crippen molar-refractivity contribution in [2.75, 3.05) is 0 Å². The lowest BCUT2D eigenvalue weighted by molar-refractivity contribution is 0.237. The second-order valence-electron chi connectivity index (χ2n) is 4.77. The molecule has 0 saturated carbocycles. The van der Waals surface area contributed by atoms with Gasteiger partial charge in [0.1, 0.15) is 0 Å². The third-order valence-electron chi connectivity index (χ3n) is 3.18. The molecule has 4 heteroatoms. The topological polar surface area (TPSA) is 64.9 Å². The fourth-order valence-corrected chi connectivity index (χ4v) is 1.95. The second-order valence-corrected chi connectivity index (χ2v) is 4.77. The fraction of sp³-hybridized carbons (Fsp3) is 0.176. The molecule has 1 atom stereocenters. The van der Waals surface area contributed by atoms with Gasteiger partial charge in [-0.05, 0) is 30.2 Å². The highest BCUT2D eigenvalue weighted by Crippen LogP contribution is 2.10. The second kappa shape index (κ2) is 7.11.